The van der Waals surface area contributed by atoms with Crippen molar-refractivity contribution in [2.24, 2.45) is 17.8 Å². The minimum absolute atomic E-state index is 0.245. The third-order valence-electron chi connectivity index (χ3n) is 6.57. The average Bonchev–Trinajstić information content (AvgIpc) is 3.17. The van der Waals surface area contributed by atoms with E-state index in [0.717, 1.165) is 12.0 Å². The van der Waals surface area contributed by atoms with Gasteiger partial charge in [-0.15, -0.1) is 0 Å². The van der Waals surface area contributed by atoms with E-state index in [1.807, 2.05) is 13.0 Å². The SMILES string of the molecule is CO[C@H]1CC/C(C)=C/[C@@H]2OC(=O)[C@@H](C)[C@@H]2[C@@H](OC(=O)[C@@]2(C)O[C@@H]2C)C(=O)[C@H]1C. The molecule has 0 saturated carbocycles. The number of carbonyl (C=O) groups is 3. The predicted octanol–water partition coefficient (Wildman–Crippen LogP) is 2.21. The molecule has 0 aromatic carbocycles. The third-order valence-corrected chi connectivity index (χ3v) is 6.57. The van der Waals surface area contributed by atoms with Crippen molar-refractivity contribution in [3.05, 3.63) is 11.6 Å². The molecule has 3 aliphatic rings. The molecule has 8 atom stereocenters. The number of allylic oxidation sites excluding steroid dienone is 1. The molecule has 0 spiro atoms. The number of hydrogen-bond donors (Lipinski definition) is 0. The second-order valence-electron chi connectivity index (χ2n) is 8.48. The molecule has 0 radical (unpaired) electrons. The summed E-state index contributed by atoms with van der Waals surface area (Å²) in [6, 6.07) is 0. The van der Waals surface area contributed by atoms with Crippen LogP contribution in [0.15, 0.2) is 11.6 Å². The lowest BCUT2D eigenvalue weighted by molar-refractivity contribution is -0.167. The highest BCUT2D eigenvalue weighted by Crippen LogP contribution is 2.41. The summed E-state index contributed by atoms with van der Waals surface area (Å²) in [7, 11) is 1.58. The molecule has 7 heteroatoms. The molecule has 3 rings (SSSR count). The molecule has 1 aliphatic carbocycles. The zero-order chi connectivity index (χ0) is 20.8. The quantitative estimate of drug-likeness (QED) is 0.412. The van der Waals surface area contributed by atoms with E-state index in [1.54, 1.807) is 34.8 Å². The van der Waals surface area contributed by atoms with Crippen molar-refractivity contribution in [1.82, 2.24) is 0 Å². The Labute approximate surface area is 165 Å². The van der Waals surface area contributed by atoms with Crippen LogP contribution < -0.4 is 0 Å². The number of fused-ring (bicyclic) bond motifs is 1. The largest absolute Gasteiger partial charge is 0.457 e. The molecular formula is C21H30O7. The monoisotopic (exact) mass is 394 g/mol. The lowest BCUT2D eigenvalue weighted by Gasteiger charge is -2.32. The van der Waals surface area contributed by atoms with Crippen LogP contribution in [0.1, 0.15) is 47.5 Å². The Kier molecular flexibility index (Phi) is 5.69. The zero-order valence-electron chi connectivity index (χ0n) is 17.4. The van der Waals surface area contributed by atoms with Gasteiger partial charge >= 0.3 is 11.9 Å². The Morgan fingerprint density at radius 1 is 1.21 bits per heavy atom. The van der Waals surface area contributed by atoms with Gasteiger partial charge in [-0.2, -0.15) is 0 Å². The molecular weight excluding hydrogens is 364 g/mol. The van der Waals surface area contributed by atoms with Crippen LogP contribution >= 0.6 is 0 Å². The van der Waals surface area contributed by atoms with Gasteiger partial charge in [-0.05, 0) is 39.7 Å². The Bertz CT molecular complexity index is 699. The van der Waals surface area contributed by atoms with Crippen molar-refractivity contribution in [3.8, 4) is 0 Å². The van der Waals surface area contributed by atoms with Crippen LogP contribution in [0, 0.1) is 17.8 Å². The van der Waals surface area contributed by atoms with Gasteiger partial charge in [0.2, 0.25) is 0 Å². The highest BCUT2D eigenvalue weighted by atomic mass is 16.7. The van der Waals surface area contributed by atoms with Crippen LogP contribution in [-0.4, -0.2) is 54.8 Å². The standard InChI is InChI=1S/C21H30O7/c1-10-7-8-14(25-6)11(2)17(22)18(27-20(24)21(5)13(4)28-21)16-12(3)19(23)26-15(16)9-10/h9,11-16,18H,7-8H2,1-6H3/b10-9+/t11-,12-,13+,14-,15-,16-,18+,21-/m0/s1. The van der Waals surface area contributed by atoms with E-state index in [2.05, 4.69) is 0 Å². The second kappa shape index (κ2) is 7.59. The second-order valence-corrected chi connectivity index (χ2v) is 8.48. The van der Waals surface area contributed by atoms with Gasteiger partial charge < -0.3 is 18.9 Å². The molecule has 0 N–H and O–H groups in total. The molecule has 2 aliphatic heterocycles. The van der Waals surface area contributed by atoms with Gasteiger partial charge in [0.05, 0.1) is 24.0 Å². The highest BCUT2D eigenvalue weighted by molar-refractivity contribution is 5.91. The van der Waals surface area contributed by atoms with Crippen molar-refractivity contribution in [2.45, 2.75) is 77.5 Å². The lowest BCUT2D eigenvalue weighted by atomic mass is 9.78. The molecule has 28 heavy (non-hydrogen) atoms. The molecule has 0 aromatic heterocycles. The fraction of sp³-hybridized carbons (Fsp3) is 0.762. The summed E-state index contributed by atoms with van der Waals surface area (Å²) in [6.07, 6.45) is 1.01. The molecule has 7 nitrogen and oxygen atoms in total. The number of carbonyl (C=O) groups excluding carboxylic acids is 3. The summed E-state index contributed by atoms with van der Waals surface area (Å²) in [4.78, 5) is 38.4. The number of methoxy groups -OCH3 is 1. The van der Waals surface area contributed by atoms with Gasteiger partial charge in [0, 0.05) is 13.0 Å². The van der Waals surface area contributed by atoms with Crippen molar-refractivity contribution < 1.29 is 33.3 Å². The number of hydrogen-bond acceptors (Lipinski definition) is 7. The molecule has 0 amide bonds. The van der Waals surface area contributed by atoms with Crippen molar-refractivity contribution in [3.63, 3.8) is 0 Å². The molecule has 2 fully saturated rings. The maximum absolute atomic E-state index is 13.4. The first-order chi connectivity index (χ1) is 13.1. The Morgan fingerprint density at radius 2 is 1.86 bits per heavy atom. The zero-order valence-corrected chi connectivity index (χ0v) is 17.4. The summed E-state index contributed by atoms with van der Waals surface area (Å²) in [5.74, 6) is -2.83. The first-order valence-electron chi connectivity index (χ1n) is 9.93. The topological polar surface area (TPSA) is 91.4 Å². The number of Topliss-reactive ketones (excluding diaryl/α,β-unsaturated/α-hetero) is 1. The van der Waals surface area contributed by atoms with Crippen LogP contribution in [0.3, 0.4) is 0 Å². The van der Waals surface area contributed by atoms with E-state index in [-0.39, 0.29) is 24.0 Å². The van der Waals surface area contributed by atoms with Gasteiger partial charge in [0.25, 0.3) is 0 Å². The average molecular weight is 394 g/mol. The maximum atomic E-state index is 13.4. The van der Waals surface area contributed by atoms with E-state index >= 15 is 0 Å². The number of esters is 2. The van der Waals surface area contributed by atoms with Gasteiger partial charge in [-0.25, -0.2) is 4.79 Å². The fourth-order valence-electron chi connectivity index (χ4n) is 4.20. The minimum Gasteiger partial charge on any atom is -0.457 e. The van der Waals surface area contributed by atoms with E-state index < -0.39 is 41.5 Å². The highest BCUT2D eigenvalue weighted by Gasteiger charge is 2.59. The van der Waals surface area contributed by atoms with E-state index in [0.29, 0.717) is 6.42 Å². The maximum Gasteiger partial charge on any atom is 0.341 e. The normalized spacial score (nSPS) is 45.5. The van der Waals surface area contributed by atoms with E-state index in [4.69, 9.17) is 18.9 Å². The number of rotatable bonds is 3. The Hall–Kier alpha value is -1.73. The molecule has 2 saturated heterocycles. The van der Waals surface area contributed by atoms with Gasteiger partial charge in [-0.3, -0.25) is 9.59 Å². The number of ketones is 1. The van der Waals surface area contributed by atoms with Crippen molar-refractivity contribution in [2.75, 3.05) is 7.11 Å². The Morgan fingerprint density at radius 3 is 2.43 bits per heavy atom. The van der Waals surface area contributed by atoms with Gasteiger partial charge in [-0.1, -0.05) is 19.4 Å². The summed E-state index contributed by atoms with van der Waals surface area (Å²) in [6.45, 7) is 8.89. The summed E-state index contributed by atoms with van der Waals surface area (Å²) in [5.41, 5.74) is 0.00433. The minimum atomic E-state index is -1.10. The summed E-state index contributed by atoms with van der Waals surface area (Å²) < 4.78 is 22.2. The summed E-state index contributed by atoms with van der Waals surface area (Å²) in [5, 5.41) is 0. The lowest BCUT2D eigenvalue weighted by Crippen LogP contribution is -2.47. The van der Waals surface area contributed by atoms with Crippen molar-refractivity contribution in [1.29, 1.82) is 0 Å². The molecule has 0 bridgehead atoms. The van der Waals surface area contributed by atoms with Crippen LogP contribution in [-0.2, 0) is 33.3 Å². The van der Waals surface area contributed by atoms with E-state index in [1.165, 1.54) is 0 Å². The van der Waals surface area contributed by atoms with Gasteiger partial charge in [0.15, 0.2) is 17.5 Å². The summed E-state index contributed by atoms with van der Waals surface area (Å²) >= 11 is 0. The molecule has 156 valence electrons. The fourth-order valence-corrected chi connectivity index (χ4v) is 4.20. The van der Waals surface area contributed by atoms with Gasteiger partial charge in [0.1, 0.15) is 6.10 Å². The van der Waals surface area contributed by atoms with E-state index in [9.17, 15) is 14.4 Å². The van der Waals surface area contributed by atoms with Crippen molar-refractivity contribution >= 4 is 17.7 Å². The Balaban J connectivity index is 1.98. The van der Waals surface area contributed by atoms with Crippen LogP contribution in [0.4, 0.5) is 0 Å². The first kappa shape index (κ1) is 21.0. The number of ether oxygens (including phenoxy) is 4. The number of epoxide rings is 1. The van der Waals surface area contributed by atoms with Crippen LogP contribution in [0.5, 0.6) is 0 Å². The molecule has 0 unspecified atom stereocenters. The third kappa shape index (κ3) is 3.62. The van der Waals surface area contributed by atoms with Crippen LogP contribution in [0.25, 0.3) is 0 Å². The molecule has 2 heterocycles. The smallest absolute Gasteiger partial charge is 0.341 e. The first-order valence-corrected chi connectivity index (χ1v) is 9.93. The predicted molar refractivity (Wildman–Crippen MR) is 99.3 cm³/mol. The van der Waals surface area contributed by atoms with Crippen LogP contribution in [0.2, 0.25) is 0 Å². The molecule has 0 aromatic rings.